The van der Waals surface area contributed by atoms with Crippen molar-refractivity contribution in [1.82, 2.24) is 4.98 Å². The normalized spacial score (nSPS) is 10.3. The van der Waals surface area contributed by atoms with Crippen LogP contribution >= 0.6 is 11.6 Å². The van der Waals surface area contributed by atoms with Gasteiger partial charge in [0, 0.05) is 18.0 Å². The van der Waals surface area contributed by atoms with Crippen LogP contribution in [0.3, 0.4) is 0 Å². The number of nitrogens with one attached hydrogen (secondary N) is 1. The van der Waals surface area contributed by atoms with Gasteiger partial charge in [0.1, 0.15) is 11.5 Å². The van der Waals surface area contributed by atoms with Crippen molar-refractivity contribution < 1.29 is 13.6 Å². The zero-order chi connectivity index (χ0) is 14.0. The monoisotopic (exact) mass is 283 g/mol. The van der Waals surface area contributed by atoms with E-state index in [-0.39, 0.29) is 16.4 Å². The molecule has 0 radical (unpaired) electrons. The summed E-state index contributed by atoms with van der Waals surface area (Å²) >= 11 is 5.66. The summed E-state index contributed by atoms with van der Waals surface area (Å²) in [5.74, 6) is -2.50. The van der Waals surface area contributed by atoms with E-state index in [2.05, 4.69) is 10.3 Å². The van der Waals surface area contributed by atoms with Crippen molar-refractivity contribution in [3.63, 3.8) is 0 Å². The molecule has 1 amide bonds. The molecule has 0 spiro atoms. The number of anilines is 2. The lowest BCUT2D eigenvalue weighted by atomic mass is 10.2. The summed E-state index contributed by atoms with van der Waals surface area (Å²) in [4.78, 5) is 15.6. The van der Waals surface area contributed by atoms with Gasteiger partial charge in [-0.05, 0) is 18.2 Å². The van der Waals surface area contributed by atoms with Gasteiger partial charge in [-0.25, -0.2) is 8.78 Å². The Kier molecular flexibility index (Phi) is 3.62. The van der Waals surface area contributed by atoms with Crippen molar-refractivity contribution in [2.24, 2.45) is 0 Å². The molecular weight excluding hydrogens is 276 g/mol. The smallest absolute Gasteiger partial charge is 0.274 e. The van der Waals surface area contributed by atoms with Crippen molar-refractivity contribution >= 4 is 28.9 Å². The predicted molar refractivity (Wildman–Crippen MR) is 68.0 cm³/mol. The Morgan fingerprint density at radius 3 is 2.68 bits per heavy atom. The number of nitrogens with zero attached hydrogens (tertiary/aromatic N) is 1. The number of amides is 1. The van der Waals surface area contributed by atoms with Crippen LogP contribution in [0.4, 0.5) is 20.2 Å². The van der Waals surface area contributed by atoms with Crippen molar-refractivity contribution in [1.29, 1.82) is 0 Å². The first-order chi connectivity index (χ1) is 8.97. The molecule has 4 nitrogen and oxygen atoms in total. The molecule has 98 valence electrons. The molecule has 0 fully saturated rings. The number of nitrogen functional groups attached to an aromatic ring is 1. The molecule has 0 aliphatic rings. The fourth-order valence-electron chi connectivity index (χ4n) is 1.41. The predicted octanol–water partition coefficient (Wildman–Crippen LogP) is 2.85. The van der Waals surface area contributed by atoms with Gasteiger partial charge in [0.05, 0.1) is 10.7 Å². The average molecular weight is 284 g/mol. The van der Waals surface area contributed by atoms with Gasteiger partial charge in [-0.2, -0.15) is 0 Å². The van der Waals surface area contributed by atoms with Gasteiger partial charge in [-0.3, -0.25) is 9.78 Å². The summed E-state index contributed by atoms with van der Waals surface area (Å²) in [5.41, 5.74) is 5.53. The molecule has 19 heavy (non-hydrogen) atoms. The molecule has 1 aromatic carbocycles. The van der Waals surface area contributed by atoms with Crippen LogP contribution in [0.15, 0.2) is 30.5 Å². The van der Waals surface area contributed by atoms with Crippen molar-refractivity contribution in [2.75, 3.05) is 11.1 Å². The number of pyridine rings is 1. The maximum absolute atomic E-state index is 13.5. The summed E-state index contributed by atoms with van der Waals surface area (Å²) in [6.45, 7) is 0. The third-order valence-corrected chi connectivity index (χ3v) is 2.56. The van der Waals surface area contributed by atoms with Gasteiger partial charge in [0.2, 0.25) is 0 Å². The highest BCUT2D eigenvalue weighted by molar-refractivity contribution is 6.33. The number of hydrogen-bond acceptors (Lipinski definition) is 3. The maximum Gasteiger partial charge on any atom is 0.274 e. The summed E-state index contributed by atoms with van der Waals surface area (Å²) in [6, 6.07) is 4.34. The van der Waals surface area contributed by atoms with Crippen LogP contribution in [-0.2, 0) is 0 Å². The van der Waals surface area contributed by atoms with Gasteiger partial charge < -0.3 is 11.1 Å². The van der Waals surface area contributed by atoms with Gasteiger partial charge in [-0.1, -0.05) is 11.6 Å². The highest BCUT2D eigenvalue weighted by Gasteiger charge is 2.15. The molecule has 0 bridgehead atoms. The molecule has 0 atom stereocenters. The van der Waals surface area contributed by atoms with E-state index in [1.165, 1.54) is 18.3 Å². The minimum absolute atomic E-state index is 0.000193. The Balaban J connectivity index is 2.29. The number of nitrogens with two attached hydrogens (primary N) is 1. The maximum atomic E-state index is 13.5. The number of halogens is 3. The van der Waals surface area contributed by atoms with Crippen LogP contribution in [0.5, 0.6) is 0 Å². The van der Waals surface area contributed by atoms with Crippen molar-refractivity contribution in [3.05, 3.63) is 52.8 Å². The lowest BCUT2D eigenvalue weighted by Gasteiger charge is -2.08. The summed E-state index contributed by atoms with van der Waals surface area (Å²) in [6.07, 6.45) is 1.34. The largest absolute Gasteiger partial charge is 0.399 e. The van der Waals surface area contributed by atoms with Gasteiger partial charge in [0.15, 0.2) is 5.82 Å². The van der Waals surface area contributed by atoms with E-state index in [9.17, 15) is 13.6 Å². The molecule has 7 heteroatoms. The van der Waals surface area contributed by atoms with Crippen LogP contribution in [0.1, 0.15) is 10.5 Å². The third kappa shape index (κ3) is 2.97. The molecule has 1 heterocycles. The van der Waals surface area contributed by atoms with E-state index in [1.807, 2.05) is 0 Å². The Hall–Kier alpha value is -2.21. The Labute approximate surface area is 112 Å². The van der Waals surface area contributed by atoms with Crippen LogP contribution in [-0.4, -0.2) is 10.9 Å². The molecule has 2 aromatic rings. The van der Waals surface area contributed by atoms with Crippen LogP contribution in [0.25, 0.3) is 0 Å². The van der Waals surface area contributed by atoms with Gasteiger partial charge in [0.25, 0.3) is 5.91 Å². The number of hydrogen-bond donors (Lipinski definition) is 2. The first kappa shape index (κ1) is 13.2. The van der Waals surface area contributed by atoms with Crippen LogP contribution in [0.2, 0.25) is 5.02 Å². The topological polar surface area (TPSA) is 68.0 Å². The van der Waals surface area contributed by atoms with E-state index >= 15 is 0 Å². The number of carbonyl (C=O) groups excluding carboxylic acids is 1. The Bertz CT molecular complexity index is 626. The molecule has 0 saturated carbocycles. The molecule has 1 aromatic heterocycles. The number of benzene rings is 1. The van der Waals surface area contributed by atoms with Gasteiger partial charge in [-0.15, -0.1) is 0 Å². The Morgan fingerprint density at radius 2 is 2.05 bits per heavy atom. The van der Waals surface area contributed by atoms with Gasteiger partial charge >= 0.3 is 0 Å². The van der Waals surface area contributed by atoms with E-state index < -0.39 is 17.5 Å². The van der Waals surface area contributed by atoms with E-state index in [4.69, 9.17) is 17.3 Å². The lowest BCUT2D eigenvalue weighted by Crippen LogP contribution is -2.15. The highest BCUT2D eigenvalue weighted by Crippen LogP contribution is 2.26. The number of rotatable bonds is 2. The number of carbonyl (C=O) groups is 1. The molecule has 2 rings (SSSR count). The minimum Gasteiger partial charge on any atom is -0.399 e. The second-order valence-electron chi connectivity index (χ2n) is 3.67. The SMILES string of the molecule is Nc1ccnc(C(=O)Nc2c(F)cc(F)cc2Cl)c1. The second-order valence-corrected chi connectivity index (χ2v) is 4.08. The standard InChI is InChI=1S/C12H8ClF2N3O/c13-8-3-6(14)4-9(15)11(8)18-12(19)10-5-7(16)1-2-17-10/h1-5H,(H2,16,17)(H,18,19). The zero-order valence-electron chi connectivity index (χ0n) is 9.45. The lowest BCUT2D eigenvalue weighted by molar-refractivity contribution is 0.102. The fourth-order valence-corrected chi connectivity index (χ4v) is 1.65. The molecule has 0 aliphatic carbocycles. The van der Waals surface area contributed by atoms with E-state index in [0.717, 1.165) is 6.07 Å². The molecule has 0 saturated heterocycles. The first-order valence-corrected chi connectivity index (χ1v) is 5.52. The quantitative estimate of drug-likeness (QED) is 0.890. The summed E-state index contributed by atoms with van der Waals surface area (Å²) in [5, 5.41) is 1.98. The van der Waals surface area contributed by atoms with E-state index in [1.54, 1.807) is 0 Å². The second kappa shape index (κ2) is 5.19. The highest BCUT2D eigenvalue weighted by atomic mass is 35.5. The summed E-state index contributed by atoms with van der Waals surface area (Å²) < 4.78 is 26.3. The zero-order valence-corrected chi connectivity index (χ0v) is 10.2. The van der Waals surface area contributed by atoms with Crippen LogP contribution in [0, 0.1) is 11.6 Å². The summed E-state index contributed by atoms with van der Waals surface area (Å²) in [7, 11) is 0. The average Bonchev–Trinajstić information content (AvgIpc) is 2.33. The molecule has 0 unspecified atom stereocenters. The van der Waals surface area contributed by atoms with Crippen molar-refractivity contribution in [2.45, 2.75) is 0 Å². The molecule has 0 aliphatic heterocycles. The Morgan fingerprint density at radius 1 is 1.32 bits per heavy atom. The van der Waals surface area contributed by atoms with E-state index in [0.29, 0.717) is 11.8 Å². The van der Waals surface area contributed by atoms with Crippen LogP contribution < -0.4 is 11.1 Å². The molecule has 3 N–H and O–H groups in total. The minimum atomic E-state index is -0.970. The number of aromatic nitrogens is 1. The fraction of sp³-hybridized carbons (Fsp3) is 0. The first-order valence-electron chi connectivity index (χ1n) is 5.15. The third-order valence-electron chi connectivity index (χ3n) is 2.26. The molecular formula is C12H8ClF2N3O. The van der Waals surface area contributed by atoms with Crippen molar-refractivity contribution in [3.8, 4) is 0 Å².